The highest BCUT2D eigenvalue weighted by Gasteiger charge is 2.22. The van der Waals surface area contributed by atoms with Crippen LogP contribution in [0.3, 0.4) is 0 Å². The van der Waals surface area contributed by atoms with Gasteiger partial charge in [-0.15, -0.1) is 11.3 Å². The van der Waals surface area contributed by atoms with E-state index in [-0.39, 0.29) is 18.6 Å². The zero-order valence-electron chi connectivity index (χ0n) is 16.1. The lowest BCUT2D eigenvalue weighted by Crippen LogP contribution is -2.26. The maximum atomic E-state index is 12.9. The van der Waals surface area contributed by atoms with Gasteiger partial charge in [0.1, 0.15) is 11.4 Å². The third-order valence-corrected chi connectivity index (χ3v) is 5.55. The number of rotatable bonds is 6. The highest BCUT2D eigenvalue weighted by molar-refractivity contribution is 7.20. The summed E-state index contributed by atoms with van der Waals surface area (Å²) in [4.78, 5) is 23.0. The van der Waals surface area contributed by atoms with Crippen molar-refractivity contribution in [3.05, 3.63) is 51.7 Å². The lowest BCUT2D eigenvalue weighted by atomic mass is 10.1. The lowest BCUT2D eigenvalue weighted by Gasteiger charge is -2.14. The number of benzene rings is 1. The number of aryl methyl sites for hydroxylation is 1. The van der Waals surface area contributed by atoms with E-state index in [1.165, 1.54) is 11.3 Å². The average Bonchev–Trinajstić information content (AvgIpc) is 3.04. The van der Waals surface area contributed by atoms with E-state index in [1.54, 1.807) is 26.4 Å². The van der Waals surface area contributed by atoms with Crippen LogP contribution in [0.25, 0.3) is 10.2 Å². The van der Waals surface area contributed by atoms with E-state index < -0.39 is 0 Å². The summed E-state index contributed by atoms with van der Waals surface area (Å²) in [6.07, 6.45) is 0. The van der Waals surface area contributed by atoms with Crippen molar-refractivity contribution in [3.63, 3.8) is 0 Å². The molecule has 2 aromatic heterocycles. The molecule has 0 saturated carbocycles. The van der Waals surface area contributed by atoms with Crippen LogP contribution >= 0.6 is 11.3 Å². The van der Waals surface area contributed by atoms with Gasteiger partial charge in [-0.05, 0) is 37.1 Å². The molecule has 1 aromatic carbocycles. The van der Waals surface area contributed by atoms with Crippen LogP contribution in [0.4, 0.5) is 0 Å². The molecule has 2 heterocycles. The third-order valence-electron chi connectivity index (χ3n) is 4.36. The van der Waals surface area contributed by atoms with Crippen molar-refractivity contribution < 1.29 is 14.3 Å². The zero-order valence-corrected chi connectivity index (χ0v) is 16.9. The van der Waals surface area contributed by atoms with Crippen molar-refractivity contribution in [3.8, 4) is 11.9 Å². The molecule has 0 fully saturated rings. The predicted molar refractivity (Wildman–Crippen MR) is 106 cm³/mol. The Morgan fingerprint density at radius 1 is 1.29 bits per heavy atom. The van der Waals surface area contributed by atoms with Crippen LogP contribution in [0.2, 0.25) is 0 Å². The fourth-order valence-corrected chi connectivity index (χ4v) is 3.99. The molecule has 3 rings (SSSR count). The monoisotopic (exact) mass is 396 g/mol. The number of amides is 1. The normalized spacial score (nSPS) is 11.8. The number of hydrogen-bond acceptors (Lipinski definition) is 7. The summed E-state index contributed by atoms with van der Waals surface area (Å²) in [6, 6.07) is 9.03. The Morgan fingerprint density at radius 3 is 2.61 bits per heavy atom. The molecular weight excluding hydrogens is 376 g/mol. The molecule has 1 N–H and O–H groups in total. The predicted octanol–water partition coefficient (Wildman–Crippen LogP) is 3.52. The number of aromatic nitrogens is 2. The van der Waals surface area contributed by atoms with Gasteiger partial charge in [-0.3, -0.25) is 4.79 Å². The topological polar surface area (TPSA) is 97.1 Å². The number of methoxy groups -OCH3 is 2. The average molecular weight is 396 g/mol. The molecule has 7 nitrogen and oxygen atoms in total. The number of hydrogen-bond donors (Lipinski definition) is 1. The van der Waals surface area contributed by atoms with Crippen molar-refractivity contribution in [1.82, 2.24) is 15.3 Å². The molecule has 0 aliphatic rings. The second-order valence-corrected chi connectivity index (χ2v) is 7.25. The minimum absolute atomic E-state index is 0.187. The number of nitrogens with zero attached hydrogens (tertiary/aromatic N) is 3. The highest BCUT2D eigenvalue weighted by Crippen LogP contribution is 2.35. The van der Waals surface area contributed by atoms with E-state index in [9.17, 15) is 4.79 Å². The summed E-state index contributed by atoms with van der Waals surface area (Å²) in [5, 5.41) is 12.7. The second kappa shape index (κ2) is 8.33. The summed E-state index contributed by atoms with van der Waals surface area (Å²) < 4.78 is 10.5. The maximum Gasteiger partial charge on any atom is 0.262 e. The van der Waals surface area contributed by atoms with Crippen molar-refractivity contribution >= 4 is 27.5 Å². The van der Waals surface area contributed by atoms with Gasteiger partial charge in [0, 0.05) is 7.11 Å². The molecule has 1 amide bonds. The molecule has 1 atom stereocenters. The lowest BCUT2D eigenvalue weighted by molar-refractivity contribution is 0.0943. The number of thiophene rings is 1. The summed E-state index contributed by atoms with van der Waals surface area (Å²) >= 11 is 1.30. The van der Waals surface area contributed by atoms with Gasteiger partial charge in [0.25, 0.3) is 5.91 Å². The van der Waals surface area contributed by atoms with Crippen LogP contribution in [0, 0.1) is 18.3 Å². The number of carbonyl (C=O) groups is 1. The molecule has 3 aromatic rings. The van der Waals surface area contributed by atoms with Crippen molar-refractivity contribution in [2.75, 3.05) is 14.2 Å². The van der Waals surface area contributed by atoms with Gasteiger partial charge >= 0.3 is 0 Å². The number of nitriles is 1. The Morgan fingerprint density at radius 2 is 2.00 bits per heavy atom. The molecule has 0 radical (unpaired) electrons. The largest absolute Gasteiger partial charge is 0.480 e. The number of carbonyl (C=O) groups excluding carboxylic acids is 1. The Balaban J connectivity index is 1.90. The fourth-order valence-electron chi connectivity index (χ4n) is 2.89. The summed E-state index contributed by atoms with van der Waals surface area (Å²) in [6.45, 7) is 4.03. The van der Waals surface area contributed by atoms with Crippen molar-refractivity contribution in [2.24, 2.45) is 0 Å². The first kappa shape index (κ1) is 19.7. The van der Waals surface area contributed by atoms with Crippen LogP contribution < -0.4 is 10.1 Å². The SMILES string of the molecule is COCc1nc(OC)c2c(C)c(C(=O)NC(C)c3ccc(C#N)cc3)sc2n1. The first-order chi connectivity index (χ1) is 13.5. The smallest absolute Gasteiger partial charge is 0.262 e. The van der Waals surface area contributed by atoms with Crippen molar-refractivity contribution in [2.45, 2.75) is 26.5 Å². The van der Waals surface area contributed by atoms with Crippen LogP contribution in [0.1, 0.15) is 45.2 Å². The van der Waals surface area contributed by atoms with Gasteiger partial charge in [-0.2, -0.15) is 10.2 Å². The first-order valence-electron chi connectivity index (χ1n) is 8.62. The molecular formula is C20H20N4O3S. The molecule has 0 aliphatic heterocycles. The minimum Gasteiger partial charge on any atom is -0.480 e. The number of ether oxygens (including phenoxy) is 2. The zero-order chi connectivity index (χ0) is 20.3. The molecule has 0 saturated heterocycles. The first-order valence-corrected chi connectivity index (χ1v) is 9.44. The molecule has 0 bridgehead atoms. The molecule has 8 heteroatoms. The van der Waals surface area contributed by atoms with E-state index in [1.807, 2.05) is 26.0 Å². The minimum atomic E-state index is -0.207. The summed E-state index contributed by atoms with van der Waals surface area (Å²) in [7, 11) is 3.12. The van der Waals surface area contributed by atoms with Crippen molar-refractivity contribution in [1.29, 1.82) is 5.26 Å². The van der Waals surface area contributed by atoms with Gasteiger partial charge in [0.05, 0.1) is 35.0 Å². The van der Waals surface area contributed by atoms with Gasteiger partial charge < -0.3 is 14.8 Å². The molecule has 0 aliphatic carbocycles. The van der Waals surface area contributed by atoms with Crippen LogP contribution in [-0.2, 0) is 11.3 Å². The van der Waals surface area contributed by atoms with Gasteiger partial charge in [-0.25, -0.2) is 4.98 Å². The van der Waals surface area contributed by atoms with E-state index in [4.69, 9.17) is 14.7 Å². The standard InChI is InChI=1S/C20H20N4O3S/c1-11-16-19(27-4)23-15(10-26-3)24-20(16)28-17(11)18(25)22-12(2)14-7-5-13(9-21)6-8-14/h5-8,12H,10H2,1-4H3,(H,22,25). The molecule has 1 unspecified atom stereocenters. The second-order valence-electron chi connectivity index (χ2n) is 6.25. The van der Waals surface area contributed by atoms with Crippen LogP contribution in [0.15, 0.2) is 24.3 Å². The van der Waals surface area contributed by atoms with E-state index in [0.717, 1.165) is 16.5 Å². The Hall–Kier alpha value is -3.02. The number of fused-ring (bicyclic) bond motifs is 1. The quantitative estimate of drug-likeness (QED) is 0.685. The summed E-state index contributed by atoms with van der Waals surface area (Å²) in [5.41, 5.74) is 2.29. The van der Waals surface area contributed by atoms with Gasteiger partial charge in [-0.1, -0.05) is 12.1 Å². The molecule has 0 spiro atoms. The Bertz CT molecular complexity index is 1050. The van der Waals surface area contributed by atoms with Gasteiger partial charge in [0.15, 0.2) is 5.82 Å². The van der Waals surface area contributed by atoms with Crippen LogP contribution in [0.5, 0.6) is 5.88 Å². The maximum absolute atomic E-state index is 12.9. The Kier molecular flexibility index (Phi) is 5.87. The van der Waals surface area contributed by atoms with E-state index in [0.29, 0.717) is 27.0 Å². The van der Waals surface area contributed by atoms with E-state index in [2.05, 4.69) is 21.4 Å². The summed E-state index contributed by atoms with van der Waals surface area (Å²) in [5.74, 6) is 0.753. The fraction of sp³-hybridized carbons (Fsp3) is 0.300. The Labute approximate surface area is 167 Å². The van der Waals surface area contributed by atoms with E-state index >= 15 is 0 Å². The van der Waals surface area contributed by atoms with Crippen LogP contribution in [-0.4, -0.2) is 30.1 Å². The molecule has 144 valence electrons. The molecule has 28 heavy (non-hydrogen) atoms. The third kappa shape index (κ3) is 3.81. The van der Waals surface area contributed by atoms with Gasteiger partial charge in [0.2, 0.25) is 5.88 Å². The highest BCUT2D eigenvalue weighted by atomic mass is 32.1. The number of nitrogens with one attached hydrogen (secondary N) is 1.